The number of carbonyl (C=O) groups is 1. The molecule has 1 aromatic rings. The Hall–Kier alpha value is -1.60. The van der Waals surface area contributed by atoms with Crippen molar-refractivity contribution < 1.29 is 17.8 Å². The number of amides is 1. The molecule has 6 nitrogen and oxygen atoms in total. The van der Waals surface area contributed by atoms with Crippen LogP contribution in [-0.2, 0) is 14.9 Å². The van der Waals surface area contributed by atoms with Crippen molar-refractivity contribution in [3.8, 4) is 0 Å². The van der Waals surface area contributed by atoms with E-state index in [-0.39, 0.29) is 16.5 Å². The summed E-state index contributed by atoms with van der Waals surface area (Å²) in [5.74, 6) is -0.175. The number of hydrogen-bond acceptors (Lipinski definition) is 4. The van der Waals surface area contributed by atoms with Gasteiger partial charge in [0.2, 0.25) is 5.91 Å². The van der Waals surface area contributed by atoms with Crippen LogP contribution in [0.5, 0.6) is 0 Å². The average molecular weight is 413 g/mol. The zero-order chi connectivity index (χ0) is 21.0. The van der Waals surface area contributed by atoms with E-state index in [0.29, 0.717) is 17.7 Å². The monoisotopic (exact) mass is 412 g/mol. The van der Waals surface area contributed by atoms with E-state index in [9.17, 15) is 17.8 Å². The fraction of sp³-hybridized carbons (Fsp3) is 0.667. The van der Waals surface area contributed by atoms with Gasteiger partial charge in [0.15, 0.2) is 0 Å². The van der Waals surface area contributed by atoms with Crippen molar-refractivity contribution in [3.63, 3.8) is 0 Å². The highest BCUT2D eigenvalue weighted by Crippen LogP contribution is 2.26. The zero-order valence-corrected chi connectivity index (χ0v) is 18.1. The minimum atomic E-state index is -4.37. The van der Waals surface area contributed by atoms with Crippen LogP contribution in [0.3, 0.4) is 0 Å². The van der Waals surface area contributed by atoms with Gasteiger partial charge in [-0.2, -0.15) is 8.42 Å². The summed E-state index contributed by atoms with van der Waals surface area (Å²) in [6.07, 6.45) is 13.7. The van der Waals surface area contributed by atoms with E-state index >= 15 is 0 Å². The Kier molecular flexibility index (Phi) is 11.2. The van der Waals surface area contributed by atoms with Crippen LogP contribution in [0.1, 0.15) is 89.5 Å². The molecular weight excluding hydrogens is 376 g/mol. The highest BCUT2D eigenvalue weighted by molar-refractivity contribution is 7.85. The van der Waals surface area contributed by atoms with Crippen molar-refractivity contribution in [1.82, 2.24) is 0 Å². The second-order valence-corrected chi connectivity index (χ2v) is 8.92. The van der Waals surface area contributed by atoms with Crippen LogP contribution in [0, 0.1) is 6.92 Å². The number of rotatable bonds is 14. The van der Waals surface area contributed by atoms with E-state index < -0.39 is 10.1 Å². The van der Waals surface area contributed by atoms with Gasteiger partial charge in [0, 0.05) is 17.8 Å². The van der Waals surface area contributed by atoms with Crippen molar-refractivity contribution in [2.45, 2.75) is 95.8 Å². The highest BCUT2D eigenvalue weighted by Gasteiger charge is 2.15. The van der Waals surface area contributed by atoms with Crippen LogP contribution in [0.4, 0.5) is 11.4 Å². The van der Waals surface area contributed by atoms with Crippen LogP contribution >= 0.6 is 0 Å². The highest BCUT2D eigenvalue weighted by atomic mass is 32.2. The Labute approximate surface area is 170 Å². The first-order chi connectivity index (χ1) is 13.3. The Bertz CT molecular complexity index is 717. The fourth-order valence-electron chi connectivity index (χ4n) is 3.15. The molecule has 0 unspecified atom stereocenters. The number of nitrogens with two attached hydrogens (primary N) is 1. The maximum atomic E-state index is 12.1. The van der Waals surface area contributed by atoms with Crippen LogP contribution in [0.2, 0.25) is 0 Å². The van der Waals surface area contributed by atoms with Gasteiger partial charge < -0.3 is 11.1 Å². The Morgan fingerprint density at radius 2 is 1.46 bits per heavy atom. The summed E-state index contributed by atoms with van der Waals surface area (Å²) in [4.78, 5) is 11.8. The Morgan fingerprint density at radius 3 is 1.96 bits per heavy atom. The predicted molar refractivity (Wildman–Crippen MR) is 115 cm³/mol. The number of nitrogen functional groups attached to an aromatic ring is 1. The first kappa shape index (κ1) is 24.4. The molecule has 0 saturated carbocycles. The third kappa shape index (κ3) is 9.55. The molecule has 0 aliphatic heterocycles. The average Bonchev–Trinajstić information content (AvgIpc) is 2.62. The van der Waals surface area contributed by atoms with Crippen molar-refractivity contribution in [3.05, 3.63) is 17.7 Å². The van der Waals surface area contributed by atoms with Crippen molar-refractivity contribution in [2.24, 2.45) is 0 Å². The lowest BCUT2D eigenvalue weighted by atomic mass is 10.1. The maximum Gasteiger partial charge on any atom is 0.294 e. The Balaban J connectivity index is 2.26. The van der Waals surface area contributed by atoms with E-state index in [4.69, 9.17) is 5.73 Å². The normalized spacial score (nSPS) is 11.5. The van der Waals surface area contributed by atoms with Gasteiger partial charge in [0.05, 0.1) is 4.90 Å². The third-order valence-corrected chi connectivity index (χ3v) is 5.83. The van der Waals surface area contributed by atoms with Gasteiger partial charge in [-0.3, -0.25) is 9.35 Å². The van der Waals surface area contributed by atoms with E-state index in [1.807, 2.05) is 0 Å². The minimum absolute atomic E-state index is 0.175. The summed E-state index contributed by atoms with van der Waals surface area (Å²) >= 11 is 0. The summed E-state index contributed by atoms with van der Waals surface area (Å²) < 4.78 is 31.8. The number of carbonyl (C=O) groups excluding carboxylic acids is 1. The van der Waals surface area contributed by atoms with Gasteiger partial charge in [0.1, 0.15) is 0 Å². The molecule has 4 N–H and O–H groups in total. The minimum Gasteiger partial charge on any atom is -0.398 e. The molecule has 0 saturated heterocycles. The molecule has 0 heterocycles. The molecule has 7 heteroatoms. The van der Waals surface area contributed by atoms with Crippen LogP contribution < -0.4 is 11.1 Å². The second-order valence-electron chi connectivity index (χ2n) is 7.49. The summed E-state index contributed by atoms with van der Waals surface area (Å²) in [6.45, 7) is 3.93. The topological polar surface area (TPSA) is 109 Å². The molecule has 28 heavy (non-hydrogen) atoms. The van der Waals surface area contributed by atoms with E-state index in [1.165, 1.54) is 63.5 Å². The van der Waals surface area contributed by atoms with Gasteiger partial charge in [-0.1, -0.05) is 71.1 Å². The molecule has 0 aromatic heterocycles. The number of benzene rings is 1. The largest absolute Gasteiger partial charge is 0.398 e. The quantitative estimate of drug-likeness (QED) is 0.213. The van der Waals surface area contributed by atoms with Gasteiger partial charge in [-0.05, 0) is 31.0 Å². The van der Waals surface area contributed by atoms with Gasteiger partial charge >= 0.3 is 0 Å². The Morgan fingerprint density at radius 1 is 0.964 bits per heavy atom. The lowest BCUT2D eigenvalue weighted by Crippen LogP contribution is -2.13. The molecule has 0 fully saturated rings. The molecule has 1 rings (SSSR count). The lowest BCUT2D eigenvalue weighted by Gasteiger charge is -2.12. The molecule has 1 amide bonds. The molecule has 0 bridgehead atoms. The molecular formula is C21H36N2O4S. The standard InChI is InChI=1S/C21H36N2O4S/c1-3-4-5-6-7-8-9-10-11-12-13-14-21(24)23-20-16-18(28(25,26)27)15-19(22)17(20)2/h15-16H,3-14,22H2,1-2H3,(H,23,24)(H,25,26,27). The summed E-state index contributed by atoms with van der Waals surface area (Å²) in [5.41, 5.74) is 6.89. The summed E-state index contributed by atoms with van der Waals surface area (Å²) in [5, 5.41) is 2.70. The fourth-order valence-corrected chi connectivity index (χ4v) is 3.69. The van der Waals surface area contributed by atoms with Crippen molar-refractivity contribution in [1.29, 1.82) is 0 Å². The van der Waals surface area contributed by atoms with Crippen molar-refractivity contribution in [2.75, 3.05) is 11.1 Å². The molecule has 0 aliphatic carbocycles. The summed E-state index contributed by atoms with van der Waals surface area (Å²) in [7, 11) is -4.37. The van der Waals surface area contributed by atoms with Crippen molar-refractivity contribution >= 4 is 27.4 Å². The maximum absolute atomic E-state index is 12.1. The number of hydrogen-bond donors (Lipinski definition) is 3. The number of unbranched alkanes of at least 4 members (excludes halogenated alkanes) is 10. The van der Waals surface area contributed by atoms with Gasteiger partial charge in [0.25, 0.3) is 10.1 Å². The van der Waals surface area contributed by atoms with Gasteiger partial charge in [-0.15, -0.1) is 0 Å². The SMILES string of the molecule is CCCCCCCCCCCCCC(=O)Nc1cc(S(=O)(=O)O)cc(N)c1C. The first-order valence-corrected chi connectivity index (χ1v) is 11.9. The molecule has 0 aliphatic rings. The van der Waals surface area contributed by atoms with E-state index in [1.54, 1.807) is 6.92 Å². The molecule has 0 spiro atoms. The van der Waals surface area contributed by atoms with Gasteiger partial charge in [-0.25, -0.2) is 0 Å². The molecule has 0 radical (unpaired) electrons. The summed E-state index contributed by atoms with van der Waals surface area (Å²) in [6, 6.07) is 2.42. The van der Waals surface area contributed by atoms with Crippen LogP contribution in [-0.4, -0.2) is 18.9 Å². The molecule has 1 aromatic carbocycles. The zero-order valence-electron chi connectivity index (χ0n) is 17.3. The molecule has 0 atom stereocenters. The van der Waals surface area contributed by atoms with Crippen LogP contribution in [0.25, 0.3) is 0 Å². The smallest absolute Gasteiger partial charge is 0.294 e. The lowest BCUT2D eigenvalue weighted by molar-refractivity contribution is -0.116. The first-order valence-electron chi connectivity index (χ1n) is 10.4. The van der Waals surface area contributed by atoms with E-state index in [0.717, 1.165) is 19.3 Å². The molecule has 160 valence electrons. The number of anilines is 2. The van der Waals surface area contributed by atoms with E-state index in [2.05, 4.69) is 12.2 Å². The number of nitrogens with one attached hydrogen (secondary N) is 1. The third-order valence-electron chi connectivity index (χ3n) is 5.00. The predicted octanol–water partition coefficient (Wildman–Crippen LogP) is 5.46. The second kappa shape index (κ2) is 12.8. The van der Waals surface area contributed by atoms with Crippen LogP contribution in [0.15, 0.2) is 17.0 Å².